The normalized spacial score (nSPS) is 33.5. The lowest BCUT2D eigenvalue weighted by molar-refractivity contribution is 0.173. The van der Waals surface area contributed by atoms with Crippen LogP contribution in [0.4, 0.5) is 4.39 Å². The van der Waals surface area contributed by atoms with Gasteiger partial charge in [0.2, 0.25) is 6.75 Å². The highest BCUT2D eigenvalue weighted by atomic mass is 19.1. The summed E-state index contributed by atoms with van der Waals surface area (Å²) >= 11 is 0. The van der Waals surface area contributed by atoms with Gasteiger partial charge in [0.25, 0.3) is 0 Å². The number of fused-ring (bicyclic) bond motifs is 1. The maximum Gasteiger partial charge on any atom is 0.231 e. The standard InChI is InChI=1S/C19H20FNO3/c20-15-3-1-13(2-4-15)17-7-8-21-10-14(17)11-22-16-5-6-18-19(9-16)24-12-23-18/h1-6,9,14,17,21H,7-8,10-12H2/t14?,17-/m0/s1/i1D,2D,3D,4D,11D2,12D2,17D. The molecule has 4 nitrogen and oxygen atoms in total. The minimum Gasteiger partial charge on any atom is -0.493 e. The fourth-order valence-corrected chi connectivity index (χ4v) is 2.60. The summed E-state index contributed by atoms with van der Waals surface area (Å²) in [5.41, 5.74) is -0.392. The molecular formula is C19H20FNO3. The van der Waals surface area contributed by atoms with E-state index in [1.54, 1.807) is 0 Å². The first-order valence-corrected chi connectivity index (χ1v) is 7.45. The Morgan fingerprint density at radius 3 is 3.04 bits per heavy atom. The van der Waals surface area contributed by atoms with Crippen LogP contribution in [0.2, 0.25) is 0 Å². The van der Waals surface area contributed by atoms with E-state index < -0.39 is 60.7 Å². The maximum atomic E-state index is 14.1. The molecule has 2 aliphatic rings. The van der Waals surface area contributed by atoms with Gasteiger partial charge < -0.3 is 19.5 Å². The molecule has 2 aliphatic heterocycles. The average Bonchev–Trinajstić information content (AvgIpc) is 3.03. The van der Waals surface area contributed by atoms with Crippen molar-refractivity contribution >= 4 is 0 Å². The van der Waals surface area contributed by atoms with E-state index in [0.717, 1.165) is 0 Å². The number of ether oxygens (including phenoxy) is 3. The lowest BCUT2D eigenvalue weighted by Crippen LogP contribution is -2.38. The zero-order chi connectivity index (χ0) is 24.3. The van der Waals surface area contributed by atoms with E-state index in [4.69, 9.17) is 26.5 Å². The van der Waals surface area contributed by atoms with Crippen LogP contribution in [-0.4, -0.2) is 26.4 Å². The molecule has 2 aromatic carbocycles. The summed E-state index contributed by atoms with van der Waals surface area (Å²) in [5.74, 6) is -4.53. The van der Waals surface area contributed by atoms with E-state index in [9.17, 15) is 4.39 Å². The van der Waals surface area contributed by atoms with Gasteiger partial charge in [-0.05, 0) is 48.6 Å². The molecule has 1 N–H and O–H groups in total. The molecule has 5 heteroatoms. The minimum absolute atomic E-state index is 0.00493. The molecule has 0 aliphatic carbocycles. The molecule has 126 valence electrons. The van der Waals surface area contributed by atoms with Gasteiger partial charge in [-0.15, -0.1) is 0 Å². The van der Waals surface area contributed by atoms with Crippen LogP contribution in [-0.2, 0) is 0 Å². The zero-order valence-electron chi connectivity index (χ0n) is 21.5. The van der Waals surface area contributed by atoms with Crippen LogP contribution in [0, 0.1) is 11.7 Å². The van der Waals surface area contributed by atoms with Gasteiger partial charge in [-0.2, -0.15) is 0 Å². The first-order valence-electron chi connectivity index (χ1n) is 11.9. The lowest BCUT2D eigenvalue weighted by atomic mass is 9.81. The smallest absolute Gasteiger partial charge is 0.231 e. The average molecular weight is 338 g/mol. The second-order valence-corrected chi connectivity index (χ2v) is 5.34. The van der Waals surface area contributed by atoms with Gasteiger partial charge in [-0.25, -0.2) is 4.39 Å². The third kappa shape index (κ3) is 3.17. The Kier molecular flexibility index (Phi) is 2.29. The van der Waals surface area contributed by atoms with Gasteiger partial charge in [-0.1, -0.05) is 12.1 Å². The predicted molar refractivity (Wildman–Crippen MR) is 88.2 cm³/mol. The Morgan fingerprint density at radius 1 is 1.33 bits per heavy atom. The van der Waals surface area contributed by atoms with Crippen LogP contribution in [0.1, 0.15) is 30.2 Å². The van der Waals surface area contributed by atoms with Gasteiger partial charge >= 0.3 is 0 Å². The van der Waals surface area contributed by atoms with Crippen molar-refractivity contribution in [2.75, 3.05) is 26.4 Å². The second kappa shape index (κ2) is 6.69. The van der Waals surface area contributed by atoms with Crippen LogP contribution < -0.4 is 19.5 Å². The van der Waals surface area contributed by atoms with Crippen LogP contribution >= 0.6 is 0 Å². The molecule has 1 saturated heterocycles. The fourth-order valence-electron chi connectivity index (χ4n) is 2.60. The molecule has 0 amide bonds. The minimum atomic E-state index is -2.56. The largest absolute Gasteiger partial charge is 0.493 e. The number of rotatable bonds is 4. The Bertz CT molecular complexity index is 1090. The highest BCUT2D eigenvalue weighted by molar-refractivity contribution is 5.46. The maximum absolute atomic E-state index is 14.1. The predicted octanol–water partition coefficient (Wildman–Crippen LogP) is 3.33. The molecule has 0 aromatic heterocycles. The first-order chi connectivity index (χ1) is 15.3. The fraction of sp³-hybridized carbons (Fsp3) is 0.368. The van der Waals surface area contributed by atoms with Gasteiger partial charge in [0.05, 0.1) is 14.8 Å². The second-order valence-electron chi connectivity index (χ2n) is 5.34. The molecule has 0 radical (unpaired) electrons. The van der Waals surface area contributed by atoms with Gasteiger partial charge in [0, 0.05) is 19.9 Å². The van der Waals surface area contributed by atoms with Crippen molar-refractivity contribution in [1.29, 1.82) is 0 Å². The zero-order valence-corrected chi connectivity index (χ0v) is 12.5. The summed E-state index contributed by atoms with van der Waals surface area (Å²) in [6, 6.07) is 0.654. The third-order valence-corrected chi connectivity index (χ3v) is 3.79. The molecule has 24 heavy (non-hydrogen) atoms. The van der Waals surface area contributed by atoms with Crippen LogP contribution in [0.25, 0.3) is 0 Å². The van der Waals surface area contributed by atoms with E-state index in [0.29, 0.717) is 0 Å². The van der Waals surface area contributed by atoms with E-state index in [1.165, 1.54) is 18.2 Å². The van der Waals surface area contributed by atoms with Crippen LogP contribution in [0.5, 0.6) is 17.2 Å². The molecule has 1 fully saturated rings. The Morgan fingerprint density at radius 2 is 2.17 bits per heavy atom. The lowest BCUT2D eigenvalue weighted by Gasteiger charge is -2.32. The monoisotopic (exact) mass is 338 g/mol. The van der Waals surface area contributed by atoms with E-state index >= 15 is 0 Å². The molecule has 0 bridgehead atoms. The molecule has 1 unspecified atom stereocenters. The Labute approximate surface area is 153 Å². The topological polar surface area (TPSA) is 39.7 Å². The van der Waals surface area contributed by atoms with E-state index in [-0.39, 0.29) is 36.8 Å². The van der Waals surface area contributed by atoms with E-state index in [1.807, 2.05) is 0 Å². The molecule has 2 atom stereocenters. The quantitative estimate of drug-likeness (QED) is 0.928. The van der Waals surface area contributed by atoms with Crippen molar-refractivity contribution in [3.8, 4) is 17.2 Å². The number of halogens is 1. The first kappa shape index (κ1) is 8.21. The molecule has 0 spiro atoms. The van der Waals surface area contributed by atoms with Crippen molar-refractivity contribution in [3.63, 3.8) is 0 Å². The third-order valence-electron chi connectivity index (χ3n) is 3.79. The highest BCUT2D eigenvalue weighted by Gasteiger charge is 2.27. The number of hydrogen-bond acceptors (Lipinski definition) is 4. The summed E-state index contributed by atoms with van der Waals surface area (Å²) < 4.78 is 103. The number of hydrogen-bond donors (Lipinski definition) is 1. The van der Waals surface area contributed by atoms with Crippen molar-refractivity contribution in [3.05, 3.63) is 53.7 Å². The summed E-state index contributed by atoms with van der Waals surface area (Å²) in [7, 11) is 0. The van der Waals surface area contributed by atoms with Crippen molar-refractivity contribution in [2.45, 2.75) is 12.3 Å². The molecule has 2 heterocycles. The summed E-state index contributed by atoms with van der Waals surface area (Å²) in [4.78, 5) is 0. The van der Waals surface area contributed by atoms with Gasteiger partial charge in [0.15, 0.2) is 11.5 Å². The van der Waals surface area contributed by atoms with Gasteiger partial charge in [-0.3, -0.25) is 0 Å². The summed E-state index contributed by atoms with van der Waals surface area (Å²) in [6.45, 7) is -4.77. The van der Waals surface area contributed by atoms with Gasteiger partial charge in [0.1, 0.15) is 14.3 Å². The highest BCUT2D eigenvalue weighted by Crippen LogP contribution is 2.36. The van der Waals surface area contributed by atoms with E-state index in [2.05, 4.69) is 5.32 Å². The molecular weight excluding hydrogens is 309 g/mol. The summed E-state index contributed by atoms with van der Waals surface area (Å²) in [5, 5.41) is 2.96. The number of piperidine rings is 1. The molecule has 2 aromatic rings. The molecule has 0 saturated carbocycles. The number of benzene rings is 2. The molecule has 4 rings (SSSR count). The Balaban J connectivity index is 1.72. The SMILES string of the molecule is [2H]c1c([2H])c([C@]2([2H])CCNCC2C([2H])([2H])Oc2ccc3c(c2)OC([2H])([2H])O3)c([2H])c([2H])c1F. The van der Waals surface area contributed by atoms with Crippen molar-refractivity contribution in [2.24, 2.45) is 5.92 Å². The summed E-state index contributed by atoms with van der Waals surface area (Å²) in [6.07, 6.45) is -0.0653. The Hall–Kier alpha value is -2.27. The number of nitrogens with one attached hydrogen (secondary N) is 1. The van der Waals surface area contributed by atoms with Crippen molar-refractivity contribution < 1.29 is 30.9 Å². The van der Waals surface area contributed by atoms with Crippen LogP contribution in [0.3, 0.4) is 0 Å². The van der Waals surface area contributed by atoms with Crippen LogP contribution in [0.15, 0.2) is 42.4 Å². The van der Waals surface area contributed by atoms with Crippen molar-refractivity contribution in [1.82, 2.24) is 5.32 Å².